The molecule has 1 amide bonds. The van der Waals surface area contributed by atoms with Crippen molar-refractivity contribution in [3.8, 4) is 11.1 Å². The second-order valence-corrected chi connectivity index (χ2v) is 7.06. The van der Waals surface area contributed by atoms with Gasteiger partial charge in [-0.25, -0.2) is 4.39 Å². The Morgan fingerprint density at radius 3 is 2.46 bits per heavy atom. The van der Waals surface area contributed by atoms with Gasteiger partial charge in [-0.3, -0.25) is 4.79 Å². The van der Waals surface area contributed by atoms with Gasteiger partial charge in [-0.05, 0) is 54.4 Å². The predicted octanol–water partition coefficient (Wildman–Crippen LogP) is 6.13. The minimum absolute atomic E-state index is 0.241. The quantitative estimate of drug-likeness (QED) is 0.453. The van der Waals surface area contributed by atoms with Crippen LogP contribution in [0, 0.1) is 12.7 Å². The molecule has 0 bridgehead atoms. The molecule has 3 nitrogen and oxygen atoms in total. The first-order chi connectivity index (χ1) is 13.5. The van der Waals surface area contributed by atoms with Crippen molar-refractivity contribution in [2.75, 3.05) is 0 Å². The van der Waals surface area contributed by atoms with Crippen LogP contribution in [0.2, 0.25) is 5.02 Å². The van der Waals surface area contributed by atoms with Gasteiger partial charge in [0.2, 0.25) is 5.76 Å². The van der Waals surface area contributed by atoms with Crippen molar-refractivity contribution in [2.24, 2.45) is 0 Å². The molecule has 1 aromatic heterocycles. The number of fused-ring (bicyclic) bond motifs is 1. The molecular weight excluding hydrogens is 377 g/mol. The van der Waals surface area contributed by atoms with Crippen molar-refractivity contribution in [1.29, 1.82) is 0 Å². The van der Waals surface area contributed by atoms with E-state index in [1.165, 1.54) is 12.1 Å². The van der Waals surface area contributed by atoms with Crippen molar-refractivity contribution in [1.82, 2.24) is 5.32 Å². The van der Waals surface area contributed by atoms with Crippen molar-refractivity contribution in [3.05, 3.63) is 94.5 Å². The molecule has 5 heteroatoms. The van der Waals surface area contributed by atoms with Gasteiger partial charge in [0.1, 0.15) is 11.4 Å². The van der Waals surface area contributed by atoms with E-state index in [0.717, 1.165) is 27.6 Å². The number of halogens is 2. The van der Waals surface area contributed by atoms with Crippen LogP contribution in [0.5, 0.6) is 0 Å². The number of aryl methyl sites for hydroxylation is 1. The normalized spacial score (nSPS) is 11.0. The van der Waals surface area contributed by atoms with Gasteiger partial charge < -0.3 is 9.73 Å². The molecule has 1 N–H and O–H groups in total. The van der Waals surface area contributed by atoms with Gasteiger partial charge in [0.15, 0.2) is 0 Å². The molecule has 0 unspecified atom stereocenters. The number of hydrogen-bond donors (Lipinski definition) is 1. The van der Waals surface area contributed by atoms with Gasteiger partial charge in [0, 0.05) is 22.5 Å². The van der Waals surface area contributed by atoms with Gasteiger partial charge in [0.25, 0.3) is 5.91 Å². The minimum Gasteiger partial charge on any atom is -0.450 e. The summed E-state index contributed by atoms with van der Waals surface area (Å²) in [7, 11) is 0. The average molecular weight is 394 g/mol. The van der Waals surface area contributed by atoms with E-state index in [2.05, 4.69) is 5.32 Å². The van der Waals surface area contributed by atoms with E-state index in [9.17, 15) is 9.18 Å². The van der Waals surface area contributed by atoms with Crippen LogP contribution in [-0.4, -0.2) is 5.91 Å². The SMILES string of the molecule is Cc1ccc2oc(C(=O)NCc3ccc(F)cc3)c(-c3ccc(Cl)cc3)c2c1. The molecule has 1 heterocycles. The number of nitrogens with one attached hydrogen (secondary N) is 1. The molecule has 0 atom stereocenters. The zero-order valence-electron chi connectivity index (χ0n) is 15.1. The fourth-order valence-electron chi connectivity index (χ4n) is 3.14. The lowest BCUT2D eigenvalue weighted by molar-refractivity contribution is 0.0926. The highest BCUT2D eigenvalue weighted by molar-refractivity contribution is 6.30. The first-order valence-electron chi connectivity index (χ1n) is 8.83. The Hall–Kier alpha value is -3.11. The van der Waals surface area contributed by atoms with Crippen LogP contribution < -0.4 is 5.32 Å². The van der Waals surface area contributed by atoms with Crippen LogP contribution in [0.25, 0.3) is 22.1 Å². The summed E-state index contributed by atoms with van der Waals surface area (Å²) >= 11 is 6.02. The van der Waals surface area contributed by atoms with Crippen LogP contribution in [0.1, 0.15) is 21.7 Å². The topological polar surface area (TPSA) is 42.2 Å². The highest BCUT2D eigenvalue weighted by Crippen LogP contribution is 2.36. The van der Waals surface area contributed by atoms with Crippen molar-refractivity contribution >= 4 is 28.5 Å². The standard InChI is InChI=1S/C23H17ClFNO2/c1-14-2-11-20-19(12-14)21(16-5-7-17(24)8-6-16)22(28-20)23(27)26-13-15-3-9-18(25)10-4-15/h2-12H,13H2,1H3,(H,26,27). The predicted molar refractivity (Wildman–Crippen MR) is 109 cm³/mol. The Morgan fingerprint density at radius 1 is 1.04 bits per heavy atom. The van der Waals surface area contributed by atoms with E-state index in [-0.39, 0.29) is 24.0 Å². The number of rotatable bonds is 4. The Labute approximate surface area is 166 Å². The van der Waals surface area contributed by atoms with Crippen molar-refractivity contribution in [3.63, 3.8) is 0 Å². The third kappa shape index (κ3) is 3.64. The number of amides is 1. The molecule has 0 fully saturated rings. The van der Waals surface area contributed by atoms with Gasteiger partial charge >= 0.3 is 0 Å². The molecule has 4 rings (SSSR count). The molecule has 4 aromatic rings. The summed E-state index contributed by atoms with van der Waals surface area (Å²) in [5.74, 6) is -0.402. The highest BCUT2D eigenvalue weighted by atomic mass is 35.5. The summed E-state index contributed by atoms with van der Waals surface area (Å²) in [6.45, 7) is 2.27. The first kappa shape index (κ1) is 18.3. The lowest BCUT2D eigenvalue weighted by Gasteiger charge is -2.06. The Kier molecular flexibility index (Phi) is 4.88. The number of carbonyl (C=O) groups excluding carboxylic acids is 1. The molecule has 28 heavy (non-hydrogen) atoms. The fraction of sp³-hybridized carbons (Fsp3) is 0.0870. The summed E-state index contributed by atoms with van der Waals surface area (Å²) in [5.41, 5.74) is 4.09. The second kappa shape index (κ2) is 7.49. The van der Waals surface area contributed by atoms with E-state index < -0.39 is 0 Å². The van der Waals surface area contributed by atoms with E-state index in [1.54, 1.807) is 24.3 Å². The Balaban J connectivity index is 1.72. The lowest BCUT2D eigenvalue weighted by Crippen LogP contribution is -2.22. The second-order valence-electron chi connectivity index (χ2n) is 6.62. The van der Waals surface area contributed by atoms with Crippen molar-refractivity contribution in [2.45, 2.75) is 13.5 Å². The fourth-order valence-corrected chi connectivity index (χ4v) is 3.27. The van der Waals surface area contributed by atoms with Crippen LogP contribution >= 0.6 is 11.6 Å². The molecule has 0 spiro atoms. The third-order valence-electron chi connectivity index (χ3n) is 4.55. The largest absolute Gasteiger partial charge is 0.450 e. The van der Waals surface area contributed by atoms with Crippen LogP contribution in [0.3, 0.4) is 0 Å². The molecule has 0 aliphatic rings. The molecule has 140 valence electrons. The first-order valence-corrected chi connectivity index (χ1v) is 9.21. The van der Waals surface area contributed by atoms with E-state index >= 15 is 0 Å². The van der Waals surface area contributed by atoms with E-state index in [1.807, 2.05) is 37.3 Å². The Morgan fingerprint density at radius 2 is 1.75 bits per heavy atom. The number of carbonyl (C=O) groups is 1. The summed E-state index contributed by atoms with van der Waals surface area (Å²) in [5, 5.41) is 4.34. The molecule has 0 saturated carbocycles. The number of benzene rings is 3. The molecular formula is C23H17ClFNO2. The smallest absolute Gasteiger partial charge is 0.287 e. The van der Waals surface area contributed by atoms with Gasteiger partial charge in [-0.1, -0.05) is 47.5 Å². The molecule has 0 aliphatic heterocycles. The van der Waals surface area contributed by atoms with Gasteiger partial charge in [0.05, 0.1) is 0 Å². The van der Waals surface area contributed by atoms with E-state index in [0.29, 0.717) is 10.6 Å². The zero-order valence-corrected chi connectivity index (χ0v) is 15.9. The van der Waals surface area contributed by atoms with E-state index in [4.69, 9.17) is 16.0 Å². The average Bonchev–Trinajstić information content (AvgIpc) is 3.06. The number of hydrogen-bond acceptors (Lipinski definition) is 2. The van der Waals surface area contributed by atoms with Gasteiger partial charge in [-0.15, -0.1) is 0 Å². The molecule has 0 saturated heterocycles. The maximum absolute atomic E-state index is 13.1. The van der Waals surface area contributed by atoms with Gasteiger partial charge in [-0.2, -0.15) is 0 Å². The maximum Gasteiger partial charge on any atom is 0.287 e. The summed E-state index contributed by atoms with van der Waals surface area (Å²) in [4.78, 5) is 12.9. The number of furan rings is 1. The summed E-state index contributed by atoms with van der Waals surface area (Å²) in [6, 6.07) is 19.1. The van der Waals surface area contributed by atoms with Crippen LogP contribution in [0.15, 0.2) is 71.1 Å². The summed E-state index contributed by atoms with van der Waals surface area (Å²) < 4.78 is 19.0. The summed E-state index contributed by atoms with van der Waals surface area (Å²) in [6.07, 6.45) is 0. The van der Waals surface area contributed by atoms with Crippen LogP contribution in [0.4, 0.5) is 4.39 Å². The minimum atomic E-state index is -0.330. The van der Waals surface area contributed by atoms with Crippen LogP contribution in [-0.2, 0) is 6.54 Å². The highest BCUT2D eigenvalue weighted by Gasteiger charge is 2.22. The monoisotopic (exact) mass is 393 g/mol. The maximum atomic E-state index is 13.1. The molecule has 3 aromatic carbocycles. The molecule has 0 aliphatic carbocycles. The third-order valence-corrected chi connectivity index (χ3v) is 4.80. The lowest BCUT2D eigenvalue weighted by atomic mass is 10.0. The Bertz CT molecular complexity index is 1150. The molecule has 0 radical (unpaired) electrons. The zero-order chi connectivity index (χ0) is 19.7. The van der Waals surface area contributed by atoms with Crippen molar-refractivity contribution < 1.29 is 13.6 Å².